The number of carbonyl (C=O) groups is 4. The summed E-state index contributed by atoms with van der Waals surface area (Å²) in [6, 6.07) is 0. The predicted octanol–water partition coefficient (Wildman–Crippen LogP) is -2.55. The van der Waals surface area contributed by atoms with Crippen LogP contribution in [0.2, 0.25) is 0 Å². The Morgan fingerprint density at radius 2 is 0.889 bits per heavy atom. The average molecular weight is 322 g/mol. The van der Waals surface area contributed by atoms with Crippen molar-refractivity contribution in [2.75, 3.05) is 0 Å². The van der Waals surface area contributed by atoms with Gasteiger partial charge in [0.25, 0.3) is 0 Å². The van der Waals surface area contributed by atoms with E-state index in [1.807, 2.05) is 0 Å². The summed E-state index contributed by atoms with van der Waals surface area (Å²) in [6.07, 6.45) is -9.11. The third-order valence-electron chi connectivity index (χ3n) is 1.22. The van der Waals surface area contributed by atoms with Crippen LogP contribution in [-0.2, 0) is 19.1 Å². The van der Waals surface area contributed by atoms with Crippen molar-refractivity contribution in [1.82, 2.24) is 0 Å². The number of ether oxygens (including phenoxy) is 2. The van der Waals surface area contributed by atoms with E-state index in [0.717, 1.165) is 0 Å². The fourth-order valence-electron chi connectivity index (χ4n) is 0.701. The van der Waals surface area contributed by atoms with Crippen molar-refractivity contribution in [3.05, 3.63) is 0 Å². The fraction of sp³-hybridized carbons (Fsp3) is 0.333. The van der Waals surface area contributed by atoms with Gasteiger partial charge >= 0.3 is 99.7 Å². The van der Waals surface area contributed by atoms with Crippen molar-refractivity contribution in [3.63, 3.8) is 0 Å². The van der Waals surface area contributed by atoms with Gasteiger partial charge in [-0.2, -0.15) is 0 Å². The van der Waals surface area contributed by atoms with Gasteiger partial charge in [-0.25, -0.2) is 19.2 Å². The van der Waals surface area contributed by atoms with E-state index in [4.69, 9.17) is 20.4 Å². The van der Waals surface area contributed by atoms with Crippen molar-refractivity contribution >= 4 is 99.7 Å². The molecular weight excluding hydrogens is 312 g/mol. The molecule has 0 aliphatic carbocycles. The number of rotatable bonds is 5. The Hall–Kier alpha value is -0.000519. The summed E-state index contributed by atoms with van der Waals surface area (Å²) in [4.78, 5) is 41.0. The van der Waals surface area contributed by atoms with Crippen molar-refractivity contribution < 1.29 is 49.1 Å². The van der Waals surface area contributed by atoms with E-state index in [0.29, 0.717) is 0 Å². The van der Waals surface area contributed by atoms with Crippen LogP contribution in [0.15, 0.2) is 0 Å². The molecule has 18 heavy (non-hydrogen) atoms. The molecule has 12 heteroatoms. The second kappa shape index (κ2) is 10.9. The topological polar surface area (TPSA) is 168 Å². The first-order valence-electron chi connectivity index (χ1n) is 3.50. The third kappa shape index (κ3) is 9.00. The van der Waals surface area contributed by atoms with Crippen LogP contribution in [-0.4, -0.2) is 132 Å². The molecule has 0 aromatic carbocycles. The molecule has 0 fully saturated rings. The van der Waals surface area contributed by atoms with E-state index in [2.05, 4.69) is 9.47 Å². The summed E-state index contributed by atoms with van der Waals surface area (Å²) >= 11 is 0. The van der Waals surface area contributed by atoms with Gasteiger partial charge in [-0.3, -0.25) is 0 Å². The Morgan fingerprint density at radius 3 is 1.00 bits per heavy atom. The number of hydrogen-bond donors (Lipinski definition) is 4. The first-order valence-corrected chi connectivity index (χ1v) is 3.50. The van der Waals surface area contributed by atoms with Gasteiger partial charge < -0.3 is 29.9 Å². The molecule has 0 aliphatic heterocycles. The molecule has 2 atom stereocenters. The summed E-state index contributed by atoms with van der Waals surface area (Å²) in [7, 11) is 0. The van der Waals surface area contributed by atoms with Gasteiger partial charge in [0, 0.05) is 0 Å². The van der Waals surface area contributed by atoms with Gasteiger partial charge in [-0.05, 0) is 0 Å². The molecule has 0 bridgehead atoms. The average Bonchev–Trinajstić information content (AvgIpc) is 2.09. The van der Waals surface area contributed by atoms with Crippen LogP contribution in [0.1, 0.15) is 0 Å². The van der Waals surface area contributed by atoms with Gasteiger partial charge in [-0.1, -0.05) is 0 Å². The molecule has 0 aromatic rings. The van der Waals surface area contributed by atoms with E-state index < -0.39 is 36.5 Å². The molecule has 10 nitrogen and oxygen atoms in total. The minimum atomic E-state index is -2.48. The molecule has 0 aromatic heterocycles. The van der Waals surface area contributed by atoms with Crippen LogP contribution in [0, 0.1) is 0 Å². The van der Waals surface area contributed by atoms with Crippen LogP contribution in [0.5, 0.6) is 0 Å². The van der Waals surface area contributed by atoms with E-state index in [1.165, 1.54) is 0 Å². The summed E-state index contributed by atoms with van der Waals surface area (Å²) in [5, 5.41) is 33.1. The molecule has 0 radical (unpaired) electrons. The van der Waals surface area contributed by atoms with Crippen molar-refractivity contribution in [2.45, 2.75) is 12.2 Å². The number of hydrogen-bond acceptors (Lipinski definition) is 6. The normalized spacial score (nSPS) is 11.8. The van der Waals surface area contributed by atoms with Crippen LogP contribution in [0.4, 0.5) is 9.59 Å². The Labute approximate surface area is 159 Å². The van der Waals surface area contributed by atoms with Crippen molar-refractivity contribution in [1.29, 1.82) is 0 Å². The third-order valence-corrected chi connectivity index (χ3v) is 1.22. The maximum atomic E-state index is 10.4. The minimum absolute atomic E-state index is 0. The molecule has 0 aliphatic rings. The second-order valence-electron chi connectivity index (χ2n) is 2.29. The van der Waals surface area contributed by atoms with E-state index in [-0.39, 0.29) is 75.5 Å². The zero-order chi connectivity index (χ0) is 12.9. The Balaban J connectivity index is -0.00000112. The number of carboxylic acid groups (broad SMARTS) is 4. The first-order chi connectivity index (χ1) is 7.25. The molecule has 0 saturated heterocycles. The van der Waals surface area contributed by atoms with Gasteiger partial charge in [-0.15, -0.1) is 0 Å². The molecule has 0 rings (SSSR count). The van der Waals surface area contributed by atoms with Crippen molar-refractivity contribution in [2.24, 2.45) is 0 Å². The molecule has 98 valence electrons. The molecule has 4 N–H and O–H groups in total. The predicted molar refractivity (Wildman–Crippen MR) is 58.2 cm³/mol. The van der Waals surface area contributed by atoms with Gasteiger partial charge in [0.1, 0.15) is 0 Å². The van der Waals surface area contributed by atoms with Crippen LogP contribution < -0.4 is 0 Å². The number of aliphatic carboxylic acids is 2. The SMILES string of the molecule is O=C(O)OC(C(=O)O)C(OC(=O)O)C(=O)O.[CaH2].[CaH2]. The standard InChI is InChI=1S/C6H6O10.2Ca.4H/c7-3(8)1(15-5(11)12)2(4(9)10)16-6(13)14;;;;;;/h1-2H,(H,7,8)(H,9,10)(H,11,12)(H,13,14);;;;;;. The van der Waals surface area contributed by atoms with Crippen molar-refractivity contribution in [3.8, 4) is 0 Å². The first kappa shape index (κ1) is 23.1. The van der Waals surface area contributed by atoms with E-state index >= 15 is 0 Å². The molecule has 0 heterocycles. The monoisotopic (exact) mass is 322 g/mol. The van der Waals surface area contributed by atoms with Crippen LogP contribution >= 0.6 is 0 Å². The Morgan fingerprint density at radius 1 is 0.667 bits per heavy atom. The van der Waals surface area contributed by atoms with Gasteiger partial charge in [0.15, 0.2) is 0 Å². The number of carboxylic acids is 2. The molecule has 0 saturated carbocycles. The van der Waals surface area contributed by atoms with Crippen LogP contribution in [0.25, 0.3) is 0 Å². The molecule has 2 unspecified atom stereocenters. The molecule has 0 spiro atoms. The zero-order valence-corrected chi connectivity index (χ0v) is 7.39. The summed E-state index contributed by atoms with van der Waals surface area (Å²) < 4.78 is 7.37. The van der Waals surface area contributed by atoms with Crippen LogP contribution in [0.3, 0.4) is 0 Å². The quantitative estimate of drug-likeness (QED) is 0.312. The fourth-order valence-corrected chi connectivity index (χ4v) is 0.701. The molecular formula is C6H10Ca2O10. The zero-order valence-electron chi connectivity index (χ0n) is 7.39. The summed E-state index contributed by atoms with van der Waals surface area (Å²) in [5.41, 5.74) is 0. The summed E-state index contributed by atoms with van der Waals surface area (Å²) in [5.74, 6) is -3.98. The Bertz CT molecular complexity index is 296. The Kier molecular flexibility index (Phi) is 14.0. The second-order valence-corrected chi connectivity index (χ2v) is 2.29. The van der Waals surface area contributed by atoms with Gasteiger partial charge in [0.2, 0.25) is 12.2 Å². The maximum absolute atomic E-state index is 10.4. The van der Waals surface area contributed by atoms with Gasteiger partial charge in [0.05, 0.1) is 0 Å². The van der Waals surface area contributed by atoms with E-state index in [9.17, 15) is 19.2 Å². The summed E-state index contributed by atoms with van der Waals surface area (Å²) in [6.45, 7) is 0. The van der Waals surface area contributed by atoms with E-state index in [1.54, 1.807) is 0 Å². The molecule has 0 amide bonds.